The lowest BCUT2D eigenvalue weighted by molar-refractivity contribution is -0.385. The van der Waals surface area contributed by atoms with Crippen LogP contribution in [-0.4, -0.2) is 15.8 Å². The number of primary amides is 1. The van der Waals surface area contributed by atoms with Crippen LogP contribution in [0.25, 0.3) is 0 Å². The lowest BCUT2D eigenvalue weighted by Crippen LogP contribution is -2.11. The number of aromatic nitrogens is 1. The molecular weight excluding hydrogens is 300 g/mol. The van der Waals surface area contributed by atoms with Crippen molar-refractivity contribution in [1.29, 1.82) is 0 Å². The molecule has 0 saturated carbocycles. The minimum Gasteiger partial charge on any atom is -0.430 e. The van der Waals surface area contributed by atoms with E-state index in [4.69, 9.17) is 27.8 Å². The molecule has 0 bridgehead atoms. The molecule has 2 aromatic rings. The van der Waals surface area contributed by atoms with Gasteiger partial charge in [-0.3, -0.25) is 14.9 Å². The van der Waals surface area contributed by atoms with E-state index in [1.54, 1.807) is 0 Å². The SMILES string of the molecule is NC(=O)c1ccc(Oc2ncc(N)cc2Cl)c([N+](=O)[O-])c1. The van der Waals surface area contributed by atoms with Crippen molar-refractivity contribution in [2.45, 2.75) is 0 Å². The normalized spacial score (nSPS) is 10.1. The molecule has 0 aliphatic carbocycles. The smallest absolute Gasteiger partial charge is 0.312 e. The highest BCUT2D eigenvalue weighted by Gasteiger charge is 2.19. The zero-order chi connectivity index (χ0) is 15.6. The quantitative estimate of drug-likeness (QED) is 0.656. The average Bonchev–Trinajstić information content (AvgIpc) is 2.41. The molecule has 9 heteroatoms. The second-order valence-electron chi connectivity index (χ2n) is 3.96. The molecule has 2 rings (SSSR count). The maximum absolute atomic E-state index is 11.0. The number of benzene rings is 1. The van der Waals surface area contributed by atoms with E-state index in [0.29, 0.717) is 5.69 Å². The van der Waals surface area contributed by atoms with Crippen LogP contribution in [0.3, 0.4) is 0 Å². The first-order valence-corrected chi connectivity index (χ1v) is 5.93. The van der Waals surface area contributed by atoms with Crippen molar-refractivity contribution < 1.29 is 14.5 Å². The Bertz CT molecular complexity index is 735. The third kappa shape index (κ3) is 3.18. The molecule has 0 unspecified atom stereocenters. The molecular formula is C12H9ClN4O4. The number of amides is 1. The van der Waals surface area contributed by atoms with Crippen LogP contribution in [0.5, 0.6) is 11.6 Å². The molecule has 1 heterocycles. The van der Waals surface area contributed by atoms with Crippen LogP contribution in [0.1, 0.15) is 10.4 Å². The Morgan fingerprint density at radius 2 is 2.10 bits per heavy atom. The number of halogens is 1. The fourth-order valence-corrected chi connectivity index (χ4v) is 1.73. The van der Waals surface area contributed by atoms with Gasteiger partial charge in [0.1, 0.15) is 5.02 Å². The van der Waals surface area contributed by atoms with Crippen molar-refractivity contribution >= 4 is 28.9 Å². The summed E-state index contributed by atoms with van der Waals surface area (Å²) in [5.41, 5.74) is 10.5. The van der Waals surface area contributed by atoms with Gasteiger partial charge in [-0.1, -0.05) is 11.6 Å². The van der Waals surface area contributed by atoms with Crippen molar-refractivity contribution in [2.75, 3.05) is 5.73 Å². The topological polar surface area (TPSA) is 134 Å². The second-order valence-corrected chi connectivity index (χ2v) is 4.37. The average molecular weight is 309 g/mol. The fourth-order valence-electron chi connectivity index (χ4n) is 1.52. The third-order valence-electron chi connectivity index (χ3n) is 2.48. The lowest BCUT2D eigenvalue weighted by atomic mass is 10.2. The third-order valence-corrected chi connectivity index (χ3v) is 2.75. The van der Waals surface area contributed by atoms with Gasteiger partial charge >= 0.3 is 5.69 Å². The van der Waals surface area contributed by atoms with E-state index in [9.17, 15) is 14.9 Å². The molecule has 0 atom stereocenters. The molecule has 4 N–H and O–H groups in total. The minimum absolute atomic E-state index is 0.00888. The number of hydrogen-bond acceptors (Lipinski definition) is 6. The van der Waals surface area contributed by atoms with E-state index in [1.165, 1.54) is 24.4 Å². The zero-order valence-electron chi connectivity index (χ0n) is 10.4. The van der Waals surface area contributed by atoms with E-state index in [0.717, 1.165) is 6.07 Å². The summed E-state index contributed by atoms with van der Waals surface area (Å²) < 4.78 is 5.30. The lowest BCUT2D eigenvalue weighted by Gasteiger charge is -2.08. The van der Waals surface area contributed by atoms with Crippen molar-refractivity contribution in [3.63, 3.8) is 0 Å². The highest BCUT2D eigenvalue weighted by atomic mass is 35.5. The van der Waals surface area contributed by atoms with Gasteiger partial charge in [0, 0.05) is 11.6 Å². The highest BCUT2D eigenvalue weighted by Crippen LogP contribution is 2.34. The molecule has 0 spiro atoms. The summed E-state index contributed by atoms with van der Waals surface area (Å²) in [5.74, 6) is -0.946. The number of pyridine rings is 1. The molecule has 0 aliphatic rings. The molecule has 1 amide bonds. The number of ether oxygens (including phenoxy) is 1. The van der Waals surface area contributed by atoms with Crippen LogP contribution < -0.4 is 16.2 Å². The Balaban J connectivity index is 2.44. The van der Waals surface area contributed by atoms with E-state index in [1.807, 2.05) is 0 Å². The number of hydrogen-bond donors (Lipinski definition) is 2. The summed E-state index contributed by atoms with van der Waals surface area (Å²) in [5, 5.41) is 11.1. The van der Waals surface area contributed by atoms with Crippen molar-refractivity contribution in [3.05, 3.63) is 51.2 Å². The van der Waals surface area contributed by atoms with E-state index in [2.05, 4.69) is 4.98 Å². The number of nitro benzene ring substituents is 1. The van der Waals surface area contributed by atoms with Gasteiger partial charge in [0.15, 0.2) is 0 Å². The molecule has 0 aliphatic heterocycles. The number of nitro groups is 1. The number of rotatable bonds is 4. The molecule has 1 aromatic heterocycles. The summed E-state index contributed by atoms with van der Waals surface area (Å²) in [4.78, 5) is 25.2. The summed E-state index contributed by atoms with van der Waals surface area (Å²) >= 11 is 5.88. The summed E-state index contributed by atoms with van der Waals surface area (Å²) in [6.07, 6.45) is 1.30. The fraction of sp³-hybridized carbons (Fsp3) is 0. The zero-order valence-corrected chi connectivity index (χ0v) is 11.2. The molecule has 1 aromatic carbocycles. The number of nitrogens with two attached hydrogens (primary N) is 2. The molecule has 0 radical (unpaired) electrons. The van der Waals surface area contributed by atoms with Crippen LogP contribution in [-0.2, 0) is 0 Å². The predicted molar refractivity (Wildman–Crippen MR) is 75.3 cm³/mol. The second kappa shape index (κ2) is 5.63. The first-order valence-electron chi connectivity index (χ1n) is 5.55. The number of nitrogen functional groups attached to an aromatic ring is 1. The van der Waals surface area contributed by atoms with Crippen molar-refractivity contribution in [1.82, 2.24) is 4.98 Å². The maximum Gasteiger partial charge on any atom is 0.312 e. The monoisotopic (exact) mass is 308 g/mol. The van der Waals surface area contributed by atoms with Crippen LogP contribution in [0, 0.1) is 10.1 Å². The number of nitrogens with zero attached hydrogens (tertiary/aromatic N) is 2. The van der Waals surface area contributed by atoms with Crippen LogP contribution in [0.2, 0.25) is 5.02 Å². The first-order chi connectivity index (χ1) is 9.88. The summed E-state index contributed by atoms with van der Waals surface area (Å²) in [6, 6.07) is 4.96. The maximum atomic E-state index is 11.0. The summed E-state index contributed by atoms with van der Waals surface area (Å²) in [7, 11) is 0. The van der Waals surface area contributed by atoms with Gasteiger partial charge < -0.3 is 16.2 Å². The van der Waals surface area contributed by atoms with Crippen molar-refractivity contribution in [2.24, 2.45) is 5.73 Å². The number of anilines is 1. The van der Waals surface area contributed by atoms with E-state index in [-0.39, 0.29) is 22.2 Å². The van der Waals surface area contributed by atoms with Gasteiger partial charge in [-0.05, 0) is 18.2 Å². The largest absolute Gasteiger partial charge is 0.430 e. The van der Waals surface area contributed by atoms with Gasteiger partial charge in [0.05, 0.1) is 16.8 Å². The standard InChI is InChI=1S/C12H9ClN4O4/c13-8-4-7(14)5-16-12(8)21-10-2-1-6(11(15)18)3-9(10)17(19)20/h1-5H,14H2,(H2,15,18). The molecule has 108 valence electrons. The Kier molecular flexibility index (Phi) is 3.90. The Morgan fingerprint density at radius 3 is 2.67 bits per heavy atom. The van der Waals surface area contributed by atoms with Gasteiger partial charge in [0.25, 0.3) is 0 Å². The molecule has 21 heavy (non-hydrogen) atoms. The highest BCUT2D eigenvalue weighted by molar-refractivity contribution is 6.32. The number of carbonyl (C=O) groups excluding carboxylic acids is 1. The molecule has 0 saturated heterocycles. The van der Waals surface area contributed by atoms with Crippen LogP contribution >= 0.6 is 11.6 Å². The minimum atomic E-state index is -0.784. The Labute approximate surface area is 123 Å². The number of carbonyl (C=O) groups is 1. The van der Waals surface area contributed by atoms with Gasteiger partial charge in [0.2, 0.25) is 17.5 Å². The molecule has 0 fully saturated rings. The first kappa shape index (κ1) is 14.5. The van der Waals surface area contributed by atoms with Crippen LogP contribution in [0.15, 0.2) is 30.5 Å². The van der Waals surface area contributed by atoms with Crippen LogP contribution in [0.4, 0.5) is 11.4 Å². The van der Waals surface area contributed by atoms with E-state index < -0.39 is 16.5 Å². The van der Waals surface area contributed by atoms with Crippen molar-refractivity contribution in [3.8, 4) is 11.6 Å². The van der Waals surface area contributed by atoms with E-state index >= 15 is 0 Å². The Morgan fingerprint density at radius 1 is 1.38 bits per heavy atom. The van der Waals surface area contributed by atoms with Gasteiger partial charge in [-0.25, -0.2) is 4.98 Å². The van der Waals surface area contributed by atoms with Gasteiger partial charge in [-0.15, -0.1) is 0 Å². The van der Waals surface area contributed by atoms with Gasteiger partial charge in [-0.2, -0.15) is 0 Å². The Hall–Kier alpha value is -2.87. The molecule has 8 nitrogen and oxygen atoms in total. The predicted octanol–water partition coefficient (Wildman–Crippen LogP) is 2.12. The summed E-state index contributed by atoms with van der Waals surface area (Å²) in [6.45, 7) is 0.